The molecule has 0 saturated carbocycles. The molecule has 0 aliphatic carbocycles. The average molecular weight is 400 g/mol. The van der Waals surface area contributed by atoms with Crippen LogP contribution in [0.4, 0.5) is 0 Å². The van der Waals surface area contributed by atoms with E-state index in [1.807, 2.05) is 29.6 Å². The van der Waals surface area contributed by atoms with Crippen molar-refractivity contribution in [1.82, 2.24) is 0 Å². The second-order valence-corrected chi connectivity index (χ2v) is 6.87. The van der Waals surface area contributed by atoms with Crippen molar-refractivity contribution in [2.75, 3.05) is 0 Å². The predicted octanol–water partition coefficient (Wildman–Crippen LogP) is 5.44. The molecule has 0 spiro atoms. The van der Waals surface area contributed by atoms with Crippen molar-refractivity contribution in [1.29, 1.82) is 0 Å². The zero-order valence-corrected chi connectivity index (χ0v) is 13.6. The van der Waals surface area contributed by atoms with Crippen LogP contribution in [0.15, 0.2) is 49.1 Å². The van der Waals surface area contributed by atoms with E-state index < -0.39 is 0 Å². The first-order chi connectivity index (χ1) is 9.13. The molecule has 96 valence electrons. The summed E-state index contributed by atoms with van der Waals surface area (Å²) in [6, 6.07) is 9.51. The molecule has 0 aliphatic rings. The third-order valence-corrected chi connectivity index (χ3v) is 5.05. The number of halogens is 2. The number of carbonyl (C=O) groups is 1. The lowest BCUT2D eigenvalue weighted by molar-refractivity contribution is 0.0969. The molecule has 0 N–H and O–H groups in total. The lowest BCUT2D eigenvalue weighted by Gasteiger charge is -1.94. The number of fused-ring (bicyclic) bond motifs is 1. The number of ketones is 1. The lowest BCUT2D eigenvalue weighted by Crippen LogP contribution is -1.99. The van der Waals surface area contributed by atoms with Crippen LogP contribution in [0, 0.1) is 0 Å². The number of hydrogen-bond acceptors (Lipinski definition) is 3. The van der Waals surface area contributed by atoms with Gasteiger partial charge in [0.25, 0.3) is 0 Å². The molecule has 0 bridgehead atoms. The topological polar surface area (TPSA) is 30.2 Å². The third-order valence-electron chi connectivity index (χ3n) is 2.73. The van der Waals surface area contributed by atoms with E-state index in [4.69, 9.17) is 4.42 Å². The van der Waals surface area contributed by atoms with Crippen LogP contribution in [0.2, 0.25) is 0 Å². The van der Waals surface area contributed by atoms with Crippen molar-refractivity contribution < 1.29 is 9.21 Å². The molecule has 0 radical (unpaired) electrons. The lowest BCUT2D eigenvalue weighted by atomic mass is 10.2. The molecule has 0 atom stereocenters. The van der Waals surface area contributed by atoms with E-state index >= 15 is 0 Å². The fraction of sp³-hybridized carbons (Fsp3) is 0.0714. The minimum absolute atomic E-state index is 0.00236. The molecule has 3 rings (SSSR count). The normalized spacial score (nSPS) is 11.1. The predicted molar refractivity (Wildman–Crippen MR) is 84.0 cm³/mol. The minimum atomic E-state index is -0.00236. The number of hydrogen-bond donors (Lipinski definition) is 0. The molecular formula is C14H8Br2O2S. The van der Waals surface area contributed by atoms with E-state index in [2.05, 4.69) is 31.9 Å². The summed E-state index contributed by atoms with van der Waals surface area (Å²) < 4.78 is 7.51. The average Bonchev–Trinajstić information content (AvgIpc) is 2.96. The van der Waals surface area contributed by atoms with Crippen LogP contribution < -0.4 is 0 Å². The molecule has 0 amide bonds. The van der Waals surface area contributed by atoms with Gasteiger partial charge in [0, 0.05) is 26.5 Å². The van der Waals surface area contributed by atoms with Gasteiger partial charge >= 0.3 is 0 Å². The molecule has 1 aromatic carbocycles. The molecule has 5 heteroatoms. The van der Waals surface area contributed by atoms with Crippen molar-refractivity contribution in [3.05, 3.63) is 55.3 Å². The fourth-order valence-corrected chi connectivity index (χ4v) is 3.77. The Balaban J connectivity index is 1.91. The summed E-state index contributed by atoms with van der Waals surface area (Å²) in [5.41, 5.74) is 0.721. The number of thiophene rings is 1. The molecule has 2 aromatic heterocycles. The Kier molecular flexibility index (Phi) is 3.60. The second-order valence-electron chi connectivity index (χ2n) is 4.10. The van der Waals surface area contributed by atoms with Crippen LogP contribution in [0.1, 0.15) is 15.4 Å². The Hall–Kier alpha value is -0.910. The summed E-state index contributed by atoms with van der Waals surface area (Å²) in [6.45, 7) is 0. The van der Waals surface area contributed by atoms with E-state index in [1.54, 1.807) is 17.4 Å². The molecule has 0 unspecified atom stereocenters. The van der Waals surface area contributed by atoms with E-state index in [-0.39, 0.29) is 5.78 Å². The molecule has 3 aromatic rings. The summed E-state index contributed by atoms with van der Waals surface area (Å²) >= 11 is 8.37. The Bertz CT molecular complexity index is 758. The van der Waals surface area contributed by atoms with Gasteiger partial charge in [-0.05, 0) is 50.1 Å². The van der Waals surface area contributed by atoms with Gasteiger partial charge in [-0.25, -0.2) is 0 Å². The third kappa shape index (κ3) is 2.68. The largest absolute Gasteiger partial charge is 0.452 e. The van der Waals surface area contributed by atoms with E-state index in [0.29, 0.717) is 12.2 Å². The maximum absolute atomic E-state index is 12.2. The molecule has 2 heterocycles. The zero-order chi connectivity index (χ0) is 13.4. The summed E-state index contributed by atoms with van der Waals surface area (Å²) in [5.74, 6) is 0.406. The van der Waals surface area contributed by atoms with Gasteiger partial charge in [-0.1, -0.05) is 12.1 Å². The van der Waals surface area contributed by atoms with Crippen LogP contribution in [-0.2, 0) is 6.42 Å². The molecule has 0 fully saturated rings. The van der Waals surface area contributed by atoms with Crippen LogP contribution in [-0.4, -0.2) is 5.78 Å². The van der Waals surface area contributed by atoms with Gasteiger partial charge in [0.05, 0.1) is 4.47 Å². The molecule has 19 heavy (non-hydrogen) atoms. The van der Waals surface area contributed by atoms with Crippen LogP contribution in [0.3, 0.4) is 0 Å². The van der Waals surface area contributed by atoms with Gasteiger partial charge in [-0.3, -0.25) is 4.79 Å². The highest BCUT2D eigenvalue weighted by Crippen LogP contribution is 2.28. The fourth-order valence-electron chi connectivity index (χ4n) is 1.86. The summed E-state index contributed by atoms with van der Waals surface area (Å²) in [4.78, 5) is 13.2. The SMILES string of the molecule is O=C(Cc1cc(Br)cs1)c1cc2cccc(Br)c2o1. The van der Waals surface area contributed by atoms with Crippen molar-refractivity contribution >= 4 is 59.9 Å². The maximum Gasteiger partial charge on any atom is 0.203 e. The second kappa shape index (κ2) is 5.23. The first-order valence-electron chi connectivity index (χ1n) is 5.57. The molecule has 0 saturated heterocycles. The summed E-state index contributed by atoms with van der Waals surface area (Å²) in [5, 5.41) is 2.91. The van der Waals surface area contributed by atoms with Crippen LogP contribution >= 0.6 is 43.2 Å². The smallest absolute Gasteiger partial charge is 0.203 e. The Morgan fingerprint density at radius 2 is 2.11 bits per heavy atom. The summed E-state index contributed by atoms with van der Waals surface area (Å²) in [6.07, 6.45) is 0.369. The molecular weight excluding hydrogens is 392 g/mol. The van der Waals surface area contributed by atoms with E-state index in [1.165, 1.54) is 0 Å². The van der Waals surface area contributed by atoms with Gasteiger partial charge < -0.3 is 4.42 Å². The number of benzene rings is 1. The monoisotopic (exact) mass is 398 g/mol. The van der Waals surface area contributed by atoms with Crippen molar-refractivity contribution in [2.45, 2.75) is 6.42 Å². The molecule has 0 aliphatic heterocycles. The first kappa shape index (κ1) is 13.1. The quantitative estimate of drug-likeness (QED) is 0.548. The number of para-hydroxylation sites is 1. The van der Waals surface area contributed by atoms with E-state index in [0.717, 1.165) is 24.8 Å². The first-order valence-corrected chi connectivity index (χ1v) is 8.04. The van der Waals surface area contributed by atoms with Gasteiger partial charge in [-0.15, -0.1) is 11.3 Å². The summed E-state index contributed by atoms with van der Waals surface area (Å²) in [7, 11) is 0. The zero-order valence-electron chi connectivity index (χ0n) is 9.65. The van der Waals surface area contributed by atoms with E-state index in [9.17, 15) is 4.79 Å². The highest BCUT2D eigenvalue weighted by Gasteiger charge is 2.15. The highest BCUT2D eigenvalue weighted by atomic mass is 79.9. The van der Waals surface area contributed by atoms with Crippen molar-refractivity contribution in [3.8, 4) is 0 Å². The Morgan fingerprint density at radius 3 is 2.79 bits per heavy atom. The number of carbonyl (C=O) groups excluding carboxylic acids is 1. The Morgan fingerprint density at radius 1 is 1.26 bits per heavy atom. The van der Waals surface area contributed by atoms with Crippen LogP contribution in [0.5, 0.6) is 0 Å². The van der Waals surface area contributed by atoms with Crippen LogP contribution in [0.25, 0.3) is 11.0 Å². The van der Waals surface area contributed by atoms with Gasteiger partial charge in [0.2, 0.25) is 5.78 Å². The highest BCUT2D eigenvalue weighted by molar-refractivity contribution is 9.11. The minimum Gasteiger partial charge on any atom is -0.452 e. The molecule has 2 nitrogen and oxygen atoms in total. The number of furan rings is 1. The standard InChI is InChI=1S/C14H8Br2O2S/c15-9-5-10(19-7-9)6-12(17)13-4-8-2-1-3-11(16)14(8)18-13/h1-5,7H,6H2. The number of rotatable bonds is 3. The number of Topliss-reactive ketones (excluding diaryl/α,β-unsaturated/α-hetero) is 1. The maximum atomic E-state index is 12.2. The van der Waals surface area contributed by atoms with Gasteiger partial charge in [-0.2, -0.15) is 0 Å². The van der Waals surface area contributed by atoms with Gasteiger partial charge in [0.1, 0.15) is 5.58 Å². The Labute approximate surface area is 130 Å². The van der Waals surface area contributed by atoms with Crippen molar-refractivity contribution in [2.24, 2.45) is 0 Å². The van der Waals surface area contributed by atoms with Gasteiger partial charge in [0.15, 0.2) is 5.76 Å². The van der Waals surface area contributed by atoms with Crippen molar-refractivity contribution in [3.63, 3.8) is 0 Å².